The number of anilines is 1. The van der Waals surface area contributed by atoms with E-state index in [2.05, 4.69) is 35.8 Å². The topological polar surface area (TPSA) is 69.7 Å². The van der Waals surface area contributed by atoms with Gasteiger partial charge in [0.25, 0.3) is 0 Å². The Morgan fingerprint density at radius 1 is 1.29 bits per heavy atom. The zero-order valence-electron chi connectivity index (χ0n) is 16.5. The van der Waals surface area contributed by atoms with E-state index in [1.807, 2.05) is 12.1 Å². The second-order valence-corrected chi connectivity index (χ2v) is 7.86. The molecule has 28 heavy (non-hydrogen) atoms. The van der Waals surface area contributed by atoms with Crippen LogP contribution in [-0.2, 0) is 11.3 Å². The molecule has 1 N–H and O–H groups in total. The van der Waals surface area contributed by atoms with Gasteiger partial charge in [-0.25, -0.2) is 9.78 Å². The molecule has 1 aliphatic heterocycles. The van der Waals surface area contributed by atoms with Crippen molar-refractivity contribution in [2.45, 2.75) is 33.8 Å². The molecule has 1 aromatic carbocycles. The first-order chi connectivity index (χ1) is 13.4. The molecule has 0 saturated heterocycles. The van der Waals surface area contributed by atoms with Gasteiger partial charge in [0.1, 0.15) is 23.9 Å². The molecule has 1 atom stereocenters. The number of amides is 1. The molecule has 0 spiro atoms. The van der Waals surface area contributed by atoms with E-state index in [0.717, 1.165) is 23.1 Å². The summed E-state index contributed by atoms with van der Waals surface area (Å²) in [4.78, 5) is 15.7. The number of methoxy groups -OCH3 is 1. The Kier molecular flexibility index (Phi) is 6.29. The monoisotopic (exact) mass is 404 g/mol. The molecule has 0 bridgehead atoms. The first-order valence-corrected chi connectivity index (χ1v) is 9.68. The van der Waals surface area contributed by atoms with Crippen LogP contribution < -0.4 is 14.8 Å². The van der Waals surface area contributed by atoms with Gasteiger partial charge in [0.15, 0.2) is 0 Å². The maximum Gasteiger partial charge on any atom is 0.412 e. The van der Waals surface area contributed by atoms with Crippen LogP contribution in [0.5, 0.6) is 11.5 Å². The highest BCUT2D eigenvalue weighted by atomic mass is 35.5. The summed E-state index contributed by atoms with van der Waals surface area (Å²) < 4.78 is 16.4. The van der Waals surface area contributed by atoms with Gasteiger partial charge in [-0.2, -0.15) is 0 Å². The molecule has 2 heterocycles. The number of rotatable bonds is 6. The maximum atomic E-state index is 11.5. The smallest absolute Gasteiger partial charge is 0.412 e. The van der Waals surface area contributed by atoms with E-state index in [-0.39, 0.29) is 0 Å². The van der Waals surface area contributed by atoms with E-state index in [1.165, 1.54) is 7.11 Å². The molecule has 0 radical (unpaired) electrons. The number of hydrogen-bond donors (Lipinski definition) is 1. The van der Waals surface area contributed by atoms with Gasteiger partial charge >= 0.3 is 6.09 Å². The number of hydrogen-bond acceptors (Lipinski definition) is 5. The fraction of sp³-hybridized carbons (Fsp3) is 0.429. The zero-order valence-corrected chi connectivity index (χ0v) is 17.3. The van der Waals surface area contributed by atoms with Crippen LogP contribution in [0.25, 0.3) is 11.1 Å². The summed E-state index contributed by atoms with van der Waals surface area (Å²) in [6.07, 6.45) is 2.20. The van der Waals surface area contributed by atoms with Crippen LogP contribution in [0.1, 0.15) is 32.8 Å². The zero-order chi connectivity index (χ0) is 20.3. The fourth-order valence-electron chi connectivity index (χ4n) is 3.31. The molecule has 2 aromatic rings. The highest BCUT2D eigenvalue weighted by Crippen LogP contribution is 2.43. The van der Waals surface area contributed by atoms with E-state index in [0.29, 0.717) is 47.4 Å². The number of benzene rings is 1. The molecule has 6 nitrogen and oxygen atoms in total. The highest BCUT2D eigenvalue weighted by Gasteiger charge is 2.22. The lowest BCUT2D eigenvalue weighted by Gasteiger charge is -2.23. The van der Waals surface area contributed by atoms with Crippen molar-refractivity contribution in [1.82, 2.24) is 4.98 Å². The lowest BCUT2D eigenvalue weighted by atomic mass is 9.98. The maximum absolute atomic E-state index is 11.5. The minimum Gasteiger partial charge on any atom is -0.492 e. The third-order valence-corrected chi connectivity index (χ3v) is 4.80. The van der Waals surface area contributed by atoms with Crippen molar-refractivity contribution in [2.75, 3.05) is 19.0 Å². The number of fused-ring (bicyclic) bond motifs is 3. The van der Waals surface area contributed by atoms with Crippen molar-refractivity contribution in [1.29, 1.82) is 0 Å². The van der Waals surface area contributed by atoms with Crippen LogP contribution in [0.15, 0.2) is 24.4 Å². The average Bonchev–Trinajstić information content (AvgIpc) is 2.65. The predicted molar refractivity (Wildman–Crippen MR) is 109 cm³/mol. The second kappa shape index (κ2) is 8.69. The van der Waals surface area contributed by atoms with E-state index in [1.54, 1.807) is 12.3 Å². The minimum absolute atomic E-state index is 0.388. The van der Waals surface area contributed by atoms with Crippen LogP contribution >= 0.6 is 11.6 Å². The van der Waals surface area contributed by atoms with Crippen LogP contribution in [0, 0.1) is 11.8 Å². The van der Waals surface area contributed by atoms with Crippen LogP contribution in [0.2, 0.25) is 5.02 Å². The predicted octanol–water partition coefficient (Wildman–Crippen LogP) is 5.53. The molecule has 1 aromatic heterocycles. The summed E-state index contributed by atoms with van der Waals surface area (Å²) in [5, 5.41) is 3.10. The Morgan fingerprint density at radius 3 is 2.79 bits per heavy atom. The van der Waals surface area contributed by atoms with Gasteiger partial charge in [-0.15, -0.1) is 0 Å². The highest BCUT2D eigenvalue weighted by molar-refractivity contribution is 6.32. The van der Waals surface area contributed by atoms with Crippen LogP contribution in [-0.4, -0.2) is 24.8 Å². The summed E-state index contributed by atoms with van der Waals surface area (Å²) in [6, 6.07) is 5.45. The van der Waals surface area contributed by atoms with Gasteiger partial charge < -0.3 is 14.2 Å². The normalized spacial score (nSPS) is 13.2. The standard InChI is InChI=1S/C21H25ClN2O4/c1-12(2)5-13(3)10-27-19-8-18-16(6-17(19)22)15-7-20(24-21(25)26-4)23-9-14(15)11-28-18/h6-9,12-13H,5,10-11H2,1-4H3,(H,23,24,25)/t13-/m1/s1. The number of aromatic nitrogens is 1. The van der Waals surface area contributed by atoms with Crippen LogP contribution in [0.3, 0.4) is 0 Å². The van der Waals surface area contributed by atoms with Crippen molar-refractivity contribution in [3.05, 3.63) is 35.0 Å². The van der Waals surface area contributed by atoms with E-state index >= 15 is 0 Å². The first-order valence-electron chi connectivity index (χ1n) is 9.30. The van der Waals surface area contributed by atoms with Crippen molar-refractivity contribution >= 4 is 23.5 Å². The van der Waals surface area contributed by atoms with Crippen molar-refractivity contribution in [3.63, 3.8) is 0 Å². The van der Waals surface area contributed by atoms with E-state index in [9.17, 15) is 4.79 Å². The van der Waals surface area contributed by atoms with Gasteiger partial charge in [-0.3, -0.25) is 5.32 Å². The molecular formula is C21H25ClN2O4. The van der Waals surface area contributed by atoms with Gasteiger partial charge in [-0.1, -0.05) is 32.4 Å². The van der Waals surface area contributed by atoms with Crippen molar-refractivity contribution in [2.24, 2.45) is 11.8 Å². The second-order valence-electron chi connectivity index (χ2n) is 7.46. The van der Waals surface area contributed by atoms with Crippen molar-refractivity contribution < 1.29 is 19.0 Å². The minimum atomic E-state index is -0.572. The number of nitrogens with zero attached hydrogens (tertiary/aromatic N) is 1. The third-order valence-electron chi connectivity index (χ3n) is 4.51. The van der Waals surface area contributed by atoms with Crippen molar-refractivity contribution in [3.8, 4) is 22.6 Å². The average molecular weight is 405 g/mol. The Balaban J connectivity index is 1.84. The molecular weight excluding hydrogens is 380 g/mol. The van der Waals surface area contributed by atoms with Gasteiger partial charge in [0.05, 0.1) is 18.7 Å². The Morgan fingerprint density at radius 2 is 2.07 bits per heavy atom. The fourth-order valence-corrected chi connectivity index (χ4v) is 3.53. The largest absolute Gasteiger partial charge is 0.492 e. The number of ether oxygens (including phenoxy) is 3. The molecule has 0 fully saturated rings. The Hall–Kier alpha value is -2.47. The first kappa shape index (κ1) is 20.3. The van der Waals surface area contributed by atoms with Gasteiger partial charge in [0, 0.05) is 23.4 Å². The summed E-state index contributed by atoms with van der Waals surface area (Å²) in [5.74, 6) is 2.77. The lowest BCUT2D eigenvalue weighted by Crippen LogP contribution is -2.14. The molecule has 0 unspecified atom stereocenters. The summed E-state index contributed by atoms with van der Waals surface area (Å²) in [6.45, 7) is 7.56. The molecule has 0 aliphatic carbocycles. The number of halogens is 1. The molecule has 1 amide bonds. The Labute approximate surface area is 170 Å². The third kappa shape index (κ3) is 4.68. The summed E-state index contributed by atoms with van der Waals surface area (Å²) in [5.41, 5.74) is 2.66. The Bertz CT molecular complexity index is 870. The van der Waals surface area contributed by atoms with Gasteiger partial charge in [-0.05, 0) is 36.0 Å². The SMILES string of the molecule is COC(=O)Nc1cc2c(cn1)COc1cc(OC[C@H](C)CC(C)C)c(Cl)cc1-2. The number of nitrogens with one attached hydrogen (secondary N) is 1. The number of carbonyl (C=O) groups excluding carboxylic acids is 1. The lowest BCUT2D eigenvalue weighted by molar-refractivity contribution is 0.187. The summed E-state index contributed by atoms with van der Waals surface area (Å²) >= 11 is 6.48. The molecule has 7 heteroatoms. The van der Waals surface area contributed by atoms with Crippen LogP contribution in [0.4, 0.5) is 10.6 Å². The van der Waals surface area contributed by atoms with Gasteiger partial charge in [0.2, 0.25) is 0 Å². The van der Waals surface area contributed by atoms with E-state index < -0.39 is 6.09 Å². The quantitative estimate of drug-likeness (QED) is 0.685. The summed E-state index contributed by atoms with van der Waals surface area (Å²) in [7, 11) is 1.31. The molecule has 1 aliphatic rings. The molecule has 150 valence electrons. The van der Waals surface area contributed by atoms with E-state index in [4.69, 9.17) is 21.1 Å². The molecule has 0 saturated carbocycles. The number of pyridine rings is 1. The number of carbonyl (C=O) groups is 1. The molecule has 3 rings (SSSR count).